The van der Waals surface area contributed by atoms with Crippen LogP contribution in [0.15, 0.2) is 18.5 Å². The van der Waals surface area contributed by atoms with E-state index in [-0.39, 0.29) is 11.3 Å². The van der Waals surface area contributed by atoms with Crippen molar-refractivity contribution in [3.05, 3.63) is 24.0 Å². The van der Waals surface area contributed by atoms with Crippen LogP contribution in [0.3, 0.4) is 0 Å². The monoisotopic (exact) mass is 253 g/mol. The Morgan fingerprint density at radius 2 is 2.18 bits per heavy atom. The number of hydrogen-bond donors (Lipinski definition) is 0. The van der Waals surface area contributed by atoms with Gasteiger partial charge < -0.3 is 4.90 Å². The van der Waals surface area contributed by atoms with Crippen molar-refractivity contribution in [3.63, 3.8) is 0 Å². The van der Waals surface area contributed by atoms with Crippen molar-refractivity contribution in [2.24, 2.45) is 5.92 Å². The van der Waals surface area contributed by atoms with Gasteiger partial charge in [-0.15, -0.1) is 11.6 Å². The first-order valence-electron chi connectivity index (χ1n) is 5.88. The topological polar surface area (TPSA) is 46.1 Å². The molecule has 1 fully saturated rings. The smallest absolute Gasteiger partial charge is 0.255 e. The average Bonchev–Trinajstić information content (AvgIpc) is 2.39. The minimum absolute atomic E-state index is 0.0422. The predicted molar refractivity (Wildman–Crippen MR) is 66.0 cm³/mol. The Morgan fingerprint density at radius 1 is 1.47 bits per heavy atom. The molecule has 17 heavy (non-hydrogen) atoms. The minimum atomic E-state index is 0.0422. The van der Waals surface area contributed by atoms with E-state index in [1.165, 1.54) is 6.20 Å². The fourth-order valence-corrected chi connectivity index (χ4v) is 2.41. The van der Waals surface area contributed by atoms with Gasteiger partial charge in [-0.1, -0.05) is 0 Å². The maximum atomic E-state index is 12.1. The summed E-state index contributed by atoms with van der Waals surface area (Å²) in [7, 11) is 0. The Labute approximate surface area is 106 Å². The van der Waals surface area contributed by atoms with E-state index in [0.717, 1.165) is 25.9 Å². The lowest BCUT2D eigenvalue weighted by Crippen LogP contribution is -2.40. The van der Waals surface area contributed by atoms with Crippen LogP contribution in [0, 0.1) is 5.92 Å². The van der Waals surface area contributed by atoms with E-state index in [1.807, 2.05) is 11.8 Å². The summed E-state index contributed by atoms with van der Waals surface area (Å²) in [6.07, 6.45) is 5.02. The Kier molecular flexibility index (Phi) is 3.94. The standard InChI is InChI=1S/C12H16ClN3O/c1-9(13)10-3-6-16(7-4-10)12(17)11-2-5-14-15-8-11/h2,5,8-10H,3-4,6-7H2,1H3. The van der Waals surface area contributed by atoms with Gasteiger partial charge >= 0.3 is 0 Å². The molecule has 4 nitrogen and oxygen atoms in total. The molecule has 0 aliphatic carbocycles. The highest BCUT2D eigenvalue weighted by atomic mass is 35.5. The Bertz CT molecular complexity index is 375. The molecule has 1 amide bonds. The van der Waals surface area contributed by atoms with Gasteiger partial charge in [-0.25, -0.2) is 0 Å². The van der Waals surface area contributed by atoms with Crippen molar-refractivity contribution < 1.29 is 4.79 Å². The van der Waals surface area contributed by atoms with E-state index in [1.54, 1.807) is 12.3 Å². The number of likely N-dealkylation sites (tertiary alicyclic amines) is 1. The Hall–Kier alpha value is -1.16. The van der Waals surface area contributed by atoms with Crippen LogP contribution in [-0.2, 0) is 0 Å². The molecule has 0 aromatic carbocycles. The molecule has 1 aromatic rings. The third-order valence-electron chi connectivity index (χ3n) is 3.31. The SMILES string of the molecule is CC(Cl)C1CCN(C(=O)c2ccnnc2)CC1. The second kappa shape index (κ2) is 5.45. The van der Waals surface area contributed by atoms with Crippen molar-refractivity contribution in [2.45, 2.75) is 25.1 Å². The molecular formula is C12H16ClN3O. The van der Waals surface area contributed by atoms with Crippen LogP contribution in [0.1, 0.15) is 30.1 Å². The summed E-state index contributed by atoms with van der Waals surface area (Å²) in [5.74, 6) is 0.567. The number of rotatable bonds is 2. The summed E-state index contributed by atoms with van der Waals surface area (Å²) in [4.78, 5) is 14.0. The normalized spacial score (nSPS) is 19.1. The van der Waals surface area contributed by atoms with Crippen LogP contribution in [0.2, 0.25) is 0 Å². The first-order chi connectivity index (χ1) is 8.18. The van der Waals surface area contributed by atoms with Crippen molar-refractivity contribution in [1.82, 2.24) is 15.1 Å². The first kappa shape index (κ1) is 12.3. The van der Waals surface area contributed by atoms with Gasteiger partial charge in [0.15, 0.2) is 0 Å². The minimum Gasteiger partial charge on any atom is -0.339 e. The molecule has 5 heteroatoms. The highest BCUT2D eigenvalue weighted by Gasteiger charge is 2.25. The summed E-state index contributed by atoms with van der Waals surface area (Å²) in [5, 5.41) is 7.58. The molecule has 1 aliphatic rings. The third kappa shape index (κ3) is 2.94. The van der Waals surface area contributed by atoms with Crippen molar-refractivity contribution in [2.75, 3.05) is 13.1 Å². The van der Waals surface area contributed by atoms with E-state index in [9.17, 15) is 4.79 Å². The summed E-state index contributed by atoms with van der Waals surface area (Å²) in [5.41, 5.74) is 0.609. The maximum Gasteiger partial charge on any atom is 0.255 e. The van der Waals surface area contributed by atoms with Gasteiger partial charge in [-0.05, 0) is 31.7 Å². The molecule has 1 saturated heterocycles. The fraction of sp³-hybridized carbons (Fsp3) is 0.583. The van der Waals surface area contributed by atoms with E-state index in [2.05, 4.69) is 10.2 Å². The molecule has 1 atom stereocenters. The number of alkyl halides is 1. The van der Waals surface area contributed by atoms with Gasteiger partial charge in [0.05, 0.1) is 18.0 Å². The van der Waals surface area contributed by atoms with E-state index >= 15 is 0 Å². The molecule has 92 valence electrons. The lowest BCUT2D eigenvalue weighted by molar-refractivity contribution is 0.0689. The summed E-state index contributed by atoms with van der Waals surface area (Å²) in [6.45, 7) is 3.59. The third-order valence-corrected chi connectivity index (χ3v) is 3.66. The largest absolute Gasteiger partial charge is 0.339 e. The molecule has 1 unspecified atom stereocenters. The summed E-state index contributed by atoms with van der Waals surface area (Å²) in [6, 6.07) is 1.70. The van der Waals surface area contributed by atoms with Crippen LogP contribution < -0.4 is 0 Å². The van der Waals surface area contributed by atoms with Crippen LogP contribution in [0.25, 0.3) is 0 Å². The van der Waals surface area contributed by atoms with Crippen molar-refractivity contribution in [3.8, 4) is 0 Å². The van der Waals surface area contributed by atoms with Gasteiger partial charge in [0.25, 0.3) is 5.91 Å². The van der Waals surface area contributed by atoms with E-state index in [4.69, 9.17) is 11.6 Å². The summed E-state index contributed by atoms with van der Waals surface area (Å²) >= 11 is 6.08. The molecule has 0 saturated carbocycles. The fourth-order valence-electron chi connectivity index (χ4n) is 2.16. The van der Waals surface area contributed by atoms with Gasteiger partial charge in [-0.2, -0.15) is 10.2 Å². The highest BCUT2D eigenvalue weighted by molar-refractivity contribution is 6.20. The van der Waals surface area contributed by atoms with Gasteiger partial charge in [-0.3, -0.25) is 4.79 Å². The van der Waals surface area contributed by atoms with Crippen molar-refractivity contribution >= 4 is 17.5 Å². The second-order valence-corrected chi connectivity index (χ2v) is 5.13. The zero-order valence-corrected chi connectivity index (χ0v) is 10.6. The van der Waals surface area contributed by atoms with Gasteiger partial charge in [0.2, 0.25) is 0 Å². The molecule has 1 aliphatic heterocycles. The van der Waals surface area contributed by atoms with E-state index < -0.39 is 0 Å². The zero-order chi connectivity index (χ0) is 12.3. The lowest BCUT2D eigenvalue weighted by Gasteiger charge is -2.33. The number of nitrogens with zero attached hydrogens (tertiary/aromatic N) is 3. The lowest BCUT2D eigenvalue weighted by atomic mass is 9.94. The number of carbonyl (C=O) groups excluding carboxylic acids is 1. The quantitative estimate of drug-likeness (QED) is 0.757. The number of halogens is 1. The number of hydrogen-bond acceptors (Lipinski definition) is 3. The van der Waals surface area contributed by atoms with Gasteiger partial charge in [0.1, 0.15) is 0 Å². The van der Waals surface area contributed by atoms with Crippen LogP contribution in [0.4, 0.5) is 0 Å². The van der Waals surface area contributed by atoms with Crippen LogP contribution in [-0.4, -0.2) is 39.5 Å². The van der Waals surface area contributed by atoms with Gasteiger partial charge in [0, 0.05) is 18.5 Å². The molecule has 0 bridgehead atoms. The Balaban J connectivity index is 1.95. The first-order valence-corrected chi connectivity index (χ1v) is 6.32. The molecule has 0 radical (unpaired) electrons. The number of piperidine rings is 1. The average molecular weight is 254 g/mol. The zero-order valence-electron chi connectivity index (χ0n) is 9.84. The van der Waals surface area contributed by atoms with Crippen LogP contribution >= 0.6 is 11.6 Å². The second-order valence-electron chi connectivity index (χ2n) is 4.44. The molecule has 0 spiro atoms. The molecular weight excluding hydrogens is 238 g/mol. The molecule has 2 heterocycles. The summed E-state index contributed by atoms with van der Waals surface area (Å²) < 4.78 is 0. The molecule has 2 rings (SSSR count). The predicted octanol–water partition coefficient (Wildman–Crippen LogP) is 1.96. The maximum absolute atomic E-state index is 12.1. The number of amides is 1. The number of aromatic nitrogens is 2. The molecule has 1 aromatic heterocycles. The number of carbonyl (C=O) groups is 1. The molecule has 0 N–H and O–H groups in total. The van der Waals surface area contributed by atoms with E-state index in [0.29, 0.717) is 11.5 Å². The highest BCUT2D eigenvalue weighted by Crippen LogP contribution is 2.24. The Morgan fingerprint density at radius 3 is 2.71 bits per heavy atom. The van der Waals surface area contributed by atoms with Crippen LogP contribution in [0.5, 0.6) is 0 Å². The van der Waals surface area contributed by atoms with Crippen molar-refractivity contribution in [1.29, 1.82) is 0 Å².